The molecule has 23 heavy (non-hydrogen) atoms. The van der Waals surface area contributed by atoms with Crippen molar-refractivity contribution in [2.45, 2.75) is 20.8 Å². The fraction of sp³-hybridized carbons (Fsp3) is 0.158. The molecule has 1 amide bonds. The summed E-state index contributed by atoms with van der Waals surface area (Å²) in [6.07, 6.45) is 0. The molecule has 116 valence electrons. The number of aromatic amines is 1. The number of hydrogen-bond acceptors (Lipinski definition) is 2. The summed E-state index contributed by atoms with van der Waals surface area (Å²) in [7, 11) is 0. The van der Waals surface area contributed by atoms with E-state index >= 15 is 0 Å². The molecule has 0 bridgehead atoms. The molecule has 2 N–H and O–H groups in total. The number of nitrogens with one attached hydrogen (secondary N) is 2. The number of anilines is 1. The van der Waals surface area contributed by atoms with E-state index in [2.05, 4.69) is 10.3 Å². The molecule has 0 aliphatic rings. The number of benzene rings is 2. The first-order chi connectivity index (χ1) is 11.0. The second kappa shape index (κ2) is 5.72. The maximum Gasteiger partial charge on any atom is 0.258 e. The Morgan fingerprint density at radius 3 is 2.35 bits per heavy atom. The maximum absolute atomic E-state index is 12.6. The van der Waals surface area contributed by atoms with Crippen molar-refractivity contribution in [3.05, 3.63) is 64.8 Å². The van der Waals surface area contributed by atoms with Gasteiger partial charge in [-0.15, -0.1) is 0 Å². The fourth-order valence-corrected chi connectivity index (χ4v) is 2.71. The van der Waals surface area contributed by atoms with Crippen LogP contribution in [0.3, 0.4) is 0 Å². The molecule has 0 aliphatic heterocycles. The van der Waals surface area contributed by atoms with Crippen LogP contribution in [-0.2, 0) is 0 Å². The number of hydrogen-bond donors (Lipinski definition) is 2. The van der Waals surface area contributed by atoms with Gasteiger partial charge in [0.05, 0.1) is 5.56 Å². The molecule has 0 fully saturated rings. The summed E-state index contributed by atoms with van der Waals surface area (Å²) in [5, 5.41) is 3.81. The summed E-state index contributed by atoms with van der Waals surface area (Å²) in [6, 6.07) is 12.9. The van der Waals surface area contributed by atoms with E-state index in [9.17, 15) is 9.59 Å². The fourth-order valence-electron chi connectivity index (χ4n) is 2.71. The molecule has 2 aromatic carbocycles. The summed E-state index contributed by atoms with van der Waals surface area (Å²) in [4.78, 5) is 27.2. The Kier molecular flexibility index (Phi) is 3.74. The van der Waals surface area contributed by atoms with Crippen LogP contribution < -0.4 is 5.32 Å². The molecule has 0 spiro atoms. The van der Waals surface area contributed by atoms with Crippen LogP contribution in [0.5, 0.6) is 0 Å². The highest BCUT2D eigenvalue weighted by atomic mass is 16.1. The first kappa shape index (κ1) is 15.0. The Balaban J connectivity index is 1.93. The van der Waals surface area contributed by atoms with Crippen molar-refractivity contribution in [3.8, 4) is 0 Å². The number of fused-ring (bicyclic) bond motifs is 1. The topological polar surface area (TPSA) is 62.0 Å². The van der Waals surface area contributed by atoms with Crippen molar-refractivity contribution in [3.63, 3.8) is 0 Å². The average molecular weight is 306 g/mol. The summed E-state index contributed by atoms with van der Waals surface area (Å²) in [6.45, 7) is 5.41. The van der Waals surface area contributed by atoms with Crippen molar-refractivity contribution in [1.29, 1.82) is 0 Å². The van der Waals surface area contributed by atoms with Gasteiger partial charge in [0.25, 0.3) is 5.91 Å². The van der Waals surface area contributed by atoms with Crippen LogP contribution in [0.4, 0.5) is 5.69 Å². The lowest BCUT2D eigenvalue weighted by Crippen LogP contribution is -2.12. The van der Waals surface area contributed by atoms with E-state index in [1.807, 2.05) is 32.0 Å². The minimum absolute atomic E-state index is 0.00539. The van der Waals surface area contributed by atoms with Crippen molar-refractivity contribution in [1.82, 2.24) is 4.98 Å². The van der Waals surface area contributed by atoms with Crippen LogP contribution in [0.1, 0.15) is 38.9 Å². The van der Waals surface area contributed by atoms with E-state index in [0.717, 1.165) is 22.2 Å². The van der Waals surface area contributed by atoms with E-state index < -0.39 is 0 Å². The second-order valence-corrected chi connectivity index (χ2v) is 5.76. The van der Waals surface area contributed by atoms with Gasteiger partial charge in [0, 0.05) is 27.8 Å². The first-order valence-corrected chi connectivity index (χ1v) is 7.47. The molecular weight excluding hydrogens is 288 g/mol. The van der Waals surface area contributed by atoms with Crippen molar-refractivity contribution < 1.29 is 9.59 Å². The third kappa shape index (κ3) is 2.88. The molecule has 4 nitrogen and oxygen atoms in total. The number of Topliss-reactive ketones (excluding diaryl/α,β-unsaturated/α-hetero) is 1. The molecule has 0 aliphatic carbocycles. The van der Waals surface area contributed by atoms with Gasteiger partial charge in [0.2, 0.25) is 0 Å². The molecule has 0 radical (unpaired) electrons. The maximum atomic E-state index is 12.6. The number of carbonyl (C=O) groups is 2. The van der Waals surface area contributed by atoms with Crippen LogP contribution in [0, 0.1) is 13.8 Å². The molecule has 4 heteroatoms. The van der Waals surface area contributed by atoms with E-state index in [1.54, 1.807) is 24.3 Å². The number of amides is 1. The summed E-state index contributed by atoms with van der Waals surface area (Å²) in [5.41, 5.74) is 4.84. The third-order valence-electron chi connectivity index (χ3n) is 3.92. The molecular formula is C19H18N2O2. The lowest BCUT2D eigenvalue weighted by Gasteiger charge is -2.06. The van der Waals surface area contributed by atoms with Gasteiger partial charge in [-0.05, 0) is 57.2 Å². The second-order valence-electron chi connectivity index (χ2n) is 5.76. The van der Waals surface area contributed by atoms with Crippen molar-refractivity contribution in [2.24, 2.45) is 0 Å². The number of ketones is 1. The first-order valence-electron chi connectivity index (χ1n) is 7.47. The van der Waals surface area contributed by atoms with Crippen LogP contribution >= 0.6 is 0 Å². The van der Waals surface area contributed by atoms with Gasteiger partial charge in [-0.1, -0.05) is 11.6 Å². The molecule has 3 aromatic rings. The Morgan fingerprint density at radius 1 is 1.00 bits per heavy atom. The normalized spacial score (nSPS) is 10.7. The van der Waals surface area contributed by atoms with Crippen LogP contribution in [0.2, 0.25) is 0 Å². The van der Waals surface area contributed by atoms with Crippen molar-refractivity contribution in [2.75, 3.05) is 5.32 Å². The number of carbonyl (C=O) groups excluding carboxylic acids is 2. The van der Waals surface area contributed by atoms with E-state index in [0.29, 0.717) is 16.8 Å². The largest absolute Gasteiger partial charge is 0.358 e. The summed E-state index contributed by atoms with van der Waals surface area (Å²) < 4.78 is 0. The van der Waals surface area contributed by atoms with Gasteiger partial charge in [-0.2, -0.15) is 0 Å². The van der Waals surface area contributed by atoms with Gasteiger partial charge in [0.1, 0.15) is 0 Å². The molecule has 0 saturated carbocycles. The summed E-state index contributed by atoms with van der Waals surface area (Å²) >= 11 is 0. The van der Waals surface area contributed by atoms with Crippen LogP contribution in [0.15, 0.2) is 42.5 Å². The SMILES string of the molecule is CC(=O)c1ccc(NC(=O)c2c(C)[nH]c3ccc(C)cc23)cc1. The predicted molar refractivity (Wildman–Crippen MR) is 92.2 cm³/mol. The predicted octanol–water partition coefficient (Wildman–Crippen LogP) is 4.24. The Morgan fingerprint density at radius 2 is 1.70 bits per heavy atom. The zero-order chi connectivity index (χ0) is 16.6. The molecule has 1 heterocycles. The zero-order valence-electron chi connectivity index (χ0n) is 13.4. The van der Waals surface area contributed by atoms with E-state index in [-0.39, 0.29) is 11.7 Å². The van der Waals surface area contributed by atoms with Gasteiger partial charge < -0.3 is 10.3 Å². The van der Waals surface area contributed by atoms with Gasteiger partial charge >= 0.3 is 0 Å². The average Bonchev–Trinajstić information content (AvgIpc) is 2.83. The standard InChI is InChI=1S/C19H18N2O2/c1-11-4-9-17-16(10-11)18(12(2)20-17)19(23)21-15-7-5-14(6-8-15)13(3)22/h4-10,20H,1-3H3,(H,21,23). The monoisotopic (exact) mass is 306 g/mol. The Hall–Kier alpha value is -2.88. The van der Waals surface area contributed by atoms with Crippen LogP contribution in [0.25, 0.3) is 10.9 Å². The third-order valence-corrected chi connectivity index (χ3v) is 3.92. The minimum Gasteiger partial charge on any atom is -0.358 e. The lowest BCUT2D eigenvalue weighted by molar-refractivity contribution is 0.101. The molecule has 1 aromatic heterocycles. The smallest absolute Gasteiger partial charge is 0.258 e. The van der Waals surface area contributed by atoms with Gasteiger partial charge in [-0.25, -0.2) is 0 Å². The van der Waals surface area contributed by atoms with Crippen LogP contribution in [-0.4, -0.2) is 16.7 Å². The van der Waals surface area contributed by atoms with Gasteiger partial charge in [0.15, 0.2) is 5.78 Å². The van der Waals surface area contributed by atoms with E-state index in [1.165, 1.54) is 6.92 Å². The Labute approximate surface area is 134 Å². The number of H-pyrrole nitrogens is 1. The lowest BCUT2D eigenvalue weighted by atomic mass is 10.1. The molecule has 0 saturated heterocycles. The number of aryl methyl sites for hydroxylation is 2. The van der Waals surface area contributed by atoms with Gasteiger partial charge in [-0.3, -0.25) is 9.59 Å². The quantitative estimate of drug-likeness (QED) is 0.711. The van der Waals surface area contributed by atoms with E-state index in [4.69, 9.17) is 0 Å². The molecule has 0 atom stereocenters. The summed E-state index contributed by atoms with van der Waals surface area (Å²) in [5.74, 6) is -0.152. The highest BCUT2D eigenvalue weighted by molar-refractivity contribution is 6.14. The highest BCUT2D eigenvalue weighted by Crippen LogP contribution is 2.24. The molecule has 0 unspecified atom stereocenters. The number of aromatic nitrogens is 1. The zero-order valence-corrected chi connectivity index (χ0v) is 13.4. The minimum atomic E-state index is -0.157. The number of rotatable bonds is 3. The highest BCUT2D eigenvalue weighted by Gasteiger charge is 2.16. The molecule has 3 rings (SSSR count). The van der Waals surface area contributed by atoms with Crippen molar-refractivity contribution >= 4 is 28.3 Å². The Bertz CT molecular complexity index is 905.